The van der Waals surface area contributed by atoms with E-state index in [2.05, 4.69) is 395 Å². The van der Waals surface area contributed by atoms with Crippen LogP contribution in [0.15, 0.2) is 374 Å². The summed E-state index contributed by atoms with van der Waals surface area (Å²) in [5.74, 6) is 0. The highest BCUT2D eigenvalue weighted by atomic mass is 32.2. The highest BCUT2D eigenvalue weighted by Crippen LogP contribution is 2.53. The van der Waals surface area contributed by atoms with Gasteiger partial charge in [0.25, 0.3) is 6.71 Å². The molecule has 0 atom stereocenters. The molecule has 0 amide bonds. The summed E-state index contributed by atoms with van der Waals surface area (Å²) in [6.07, 6.45) is 0. The van der Waals surface area contributed by atoms with Gasteiger partial charge in [0.1, 0.15) is 0 Å². The molecule has 0 bridgehead atoms. The van der Waals surface area contributed by atoms with Crippen molar-refractivity contribution in [1.29, 1.82) is 0 Å². The molecule has 0 N–H and O–H groups in total. The number of benzene rings is 15. The number of rotatable bonds is 12. The van der Waals surface area contributed by atoms with Crippen LogP contribution in [0, 0.1) is 6.92 Å². The van der Waals surface area contributed by atoms with Crippen LogP contribution in [0.4, 0.5) is 85.3 Å². The molecule has 0 unspecified atom stereocenters. The largest absolute Gasteiger partial charge is 0.311 e. The second-order valence-corrected chi connectivity index (χ2v) is 27.1. The fourth-order valence-corrected chi connectivity index (χ4v) is 17.3. The van der Waals surface area contributed by atoms with Gasteiger partial charge < -0.3 is 24.5 Å². The van der Waals surface area contributed by atoms with E-state index in [1.165, 1.54) is 70.6 Å². The highest BCUT2D eigenvalue weighted by molar-refractivity contribution is 8.00. The number of aryl methyl sites for hydroxylation is 1. The van der Waals surface area contributed by atoms with Crippen molar-refractivity contribution in [2.24, 2.45) is 0 Å². The van der Waals surface area contributed by atoms with Gasteiger partial charge in [-0.05, 0) is 183 Å². The molecule has 0 aliphatic carbocycles. The maximum absolute atomic E-state index is 2.68. The average molecular weight is 1280 g/mol. The highest BCUT2D eigenvalue weighted by Gasteiger charge is 2.48. The van der Waals surface area contributed by atoms with Gasteiger partial charge in [0.2, 0.25) is 6.71 Å². The van der Waals surface area contributed by atoms with Gasteiger partial charge >= 0.3 is 0 Å². The zero-order valence-corrected chi connectivity index (χ0v) is 55.3. The van der Waals surface area contributed by atoms with Gasteiger partial charge in [0, 0.05) is 89.3 Å². The lowest BCUT2D eigenvalue weighted by molar-refractivity contribution is 1.21. The molecule has 15 aromatic carbocycles. The predicted molar refractivity (Wildman–Crippen MR) is 421 cm³/mol. The number of hydrogen-bond donors (Lipinski definition) is 0. The molecule has 99 heavy (non-hydrogen) atoms. The average Bonchev–Trinajstić information content (AvgIpc) is 0.689. The van der Waals surface area contributed by atoms with Crippen LogP contribution in [0.25, 0.3) is 33.4 Å². The minimum atomic E-state index is -0.178. The lowest BCUT2D eigenvalue weighted by Crippen LogP contribution is -2.64. The van der Waals surface area contributed by atoms with E-state index in [1.807, 2.05) is 11.8 Å². The van der Waals surface area contributed by atoms with Crippen LogP contribution in [0.2, 0.25) is 0 Å². The second kappa shape index (κ2) is 24.2. The summed E-state index contributed by atoms with van der Waals surface area (Å²) in [4.78, 5) is 15.1. The molecule has 0 aromatic heterocycles. The number of para-hydroxylation sites is 7. The standard InChI is InChI=1S/C91H63B2N5S/c1-62-28-27-43-76(67-33-13-4-14-34-67)91(62)98-83-61-87-80(93-78-45-24-26-47-82(78)97(71-41-21-8-22-42-71)86-58-75(59-88(99-87)90(86)93)94(68-35-15-5-16-36-68)69-37-17-6-18-38-69)60-79(83)92-77-44-23-25-46-81(77)96(70-39-19-7-20-40-70)84-56-74(57-85(98)89(84)92)95(72-52-48-65(49-53-72)63-29-9-2-10-30-63)73-54-50-66(51-55-73)64-31-11-3-12-32-64/h2-61H,1H3. The van der Waals surface area contributed by atoms with Crippen LogP contribution in [0.3, 0.4) is 0 Å². The summed E-state index contributed by atoms with van der Waals surface area (Å²) >= 11 is 1.91. The third-order valence-electron chi connectivity index (χ3n) is 20.3. The van der Waals surface area contributed by atoms with E-state index >= 15 is 0 Å². The molecule has 4 aliphatic heterocycles. The van der Waals surface area contributed by atoms with E-state index in [9.17, 15) is 0 Å². The topological polar surface area (TPSA) is 16.2 Å². The number of hydrogen-bond acceptors (Lipinski definition) is 6. The van der Waals surface area contributed by atoms with Crippen molar-refractivity contribution in [2.45, 2.75) is 16.7 Å². The van der Waals surface area contributed by atoms with Crippen LogP contribution in [-0.4, -0.2) is 13.4 Å². The summed E-state index contributed by atoms with van der Waals surface area (Å²) in [5.41, 5.74) is 32.6. The van der Waals surface area contributed by atoms with E-state index in [-0.39, 0.29) is 13.4 Å². The molecule has 0 fully saturated rings. The van der Waals surface area contributed by atoms with E-state index in [1.54, 1.807) is 0 Å². The Bertz CT molecular complexity index is 5430. The summed E-state index contributed by atoms with van der Waals surface area (Å²) in [6, 6.07) is 135. The number of anilines is 15. The first kappa shape index (κ1) is 58.2. The SMILES string of the molecule is Cc1cccc(-c2ccccc2)c1N1c2cc3c(cc2B2c4ccccc4N(c4ccccc4)c4cc(N(c5ccc(-c6ccccc6)cc5)c5ccc(-c6ccccc6)cc5)cc1c42)B1c2ccccc2N(c2ccccc2)c2cc(N(c4ccccc4)c4ccccc4)cc(c21)S3. The maximum atomic E-state index is 2.68. The van der Waals surface area contributed by atoms with Gasteiger partial charge in [-0.2, -0.15) is 0 Å². The minimum absolute atomic E-state index is 0.103. The molecular weight excluding hydrogens is 1220 g/mol. The van der Waals surface area contributed by atoms with Crippen molar-refractivity contribution in [3.05, 3.63) is 370 Å². The van der Waals surface area contributed by atoms with E-state index in [4.69, 9.17) is 0 Å². The van der Waals surface area contributed by atoms with Crippen molar-refractivity contribution in [3.8, 4) is 33.4 Å². The smallest absolute Gasteiger partial charge is 0.252 e. The van der Waals surface area contributed by atoms with E-state index in [0.29, 0.717) is 0 Å². The van der Waals surface area contributed by atoms with Gasteiger partial charge in [-0.25, -0.2) is 0 Å². The molecule has 8 heteroatoms. The Kier molecular flexibility index (Phi) is 14.2. The fraction of sp³-hybridized carbons (Fsp3) is 0.0110. The Morgan fingerprint density at radius 1 is 0.253 bits per heavy atom. The first-order valence-corrected chi connectivity index (χ1v) is 34.9. The normalized spacial score (nSPS) is 12.8. The summed E-state index contributed by atoms with van der Waals surface area (Å²) < 4.78 is 0. The van der Waals surface area contributed by atoms with Gasteiger partial charge in [-0.1, -0.05) is 266 Å². The molecule has 15 aromatic rings. The summed E-state index contributed by atoms with van der Waals surface area (Å²) in [7, 11) is 0. The van der Waals surface area contributed by atoms with Gasteiger partial charge in [-0.15, -0.1) is 0 Å². The molecule has 0 spiro atoms. The van der Waals surface area contributed by atoms with Crippen LogP contribution >= 0.6 is 11.8 Å². The van der Waals surface area contributed by atoms with Crippen molar-refractivity contribution >= 4 is 143 Å². The maximum Gasteiger partial charge on any atom is 0.252 e. The lowest BCUT2D eigenvalue weighted by Gasteiger charge is -2.46. The summed E-state index contributed by atoms with van der Waals surface area (Å²) in [6.45, 7) is 2.02. The minimum Gasteiger partial charge on any atom is -0.311 e. The Hall–Kier alpha value is -12.2. The molecule has 19 rings (SSSR count). The van der Waals surface area contributed by atoms with Crippen LogP contribution in [-0.2, 0) is 0 Å². The molecule has 0 radical (unpaired) electrons. The first-order chi connectivity index (χ1) is 49.1. The summed E-state index contributed by atoms with van der Waals surface area (Å²) in [5, 5.41) is 0. The molecule has 464 valence electrons. The van der Waals surface area contributed by atoms with Crippen molar-refractivity contribution < 1.29 is 0 Å². The third-order valence-corrected chi connectivity index (χ3v) is 21.5. The van der Waals surface area contributed by atoms with Crippen molar-refractivity contribution in [1.82, 2.24) is 0 Å². The van der Waals surface area contributed by atoms with Crippen LogP contribution < -0.4 is 57.3 Å². The van der Waals surface area contributed by atoms with E-state index in [0.717, 1.165) is 96.2 Å². The molecule has 0 saturated carbocycles. The zero-order valence-electron chi connectivity index (χ0n) is 54.4. The van der Waals surface area contributed by atoms with Gasteiger partial charge in [0.15, 0.2) is 0 Å². The van der Waals surface area contributed by atoms with Crippen molar-refractivity contribution in [2.75, 3.05) is 24.5 Å². The van der Waals surface area contributed by atoms with Gasteiger partial charge in [0.05, 0.1) is 11.4 Å². The lowest BCUT2D eigenvalue weighted by atomic mass is 9.31. The Morgan fingerprint density at radius 2 is 0.646 bits per heavy atom. The quantitative estimate of drug-likeness (QED) is 0.113. The number of fused-ring (bicyclic) bond motifs is 8. The third kappa shape index (κ3) is 9.81. The Morgan fingerprint density at radius 3 is 1.15 bits per heavy atom. The monoisotopic (exact) mass is 1280 g/mol. The van der Waals surface area contributed by atoms with E-state index < -0.39 is 0 Å². The molecule has 4 heterocycles. The van der Waals surface area contributed by atoms with Crippen LogP contribution in [0.1, 0.15) is 5.56 Å². The predicted octanol–water partition coefficient (Wildman–Crippen LogP) is 20.8. The van der Waals surface area contributed by atoms with Crippen LogP contribution in [0.5, 0.6) is 0 Å². The molecule has 0 saturated heterocycles. The molecule has 5 nitrogen and oxygen atoms in total. The van der Waals surface area contributed by atoms with Crippen molar-refractivity contribution in [3.63, 3.8) is 0 Å². The Labute approximate surface area is 583 Å². The Balaban J connectivity index is 0.901. The zero-order chi connectivity index (χ0) is 65.5. The fourth-order valence-electron chi connectivity index (χ4n) is 16.0. The van der Waals surface area contributed by atoms with Gasteiger partial charge in [-0.3, -0.25) is 0 Å². The number of nitrogens with zero attached hydrogens (tertiary/aromatic N) is 5. The molecule has 4 aliphatic rings. The first-order valence-electron chi connectivity index (χ1n) is 34.1. The molecular formula is C91H63B2N5S. The second-order valence-electron chi connectivity index (χ2n) is 26.0.